The summed E-state index contributed by atoms with van der Waals surface area (Å²) in [5.74, 6) is -0.367. The second-order valence-electron chi connectivity index (χ2n) is 8.84. The molecule has 1 unspecified atom stereocenters. The Morgan fingerprint density at radius 3 is 2.39 bits per heavy atom. The summed E-state index contributed by atoms with van der Waals surface area (Å²) >= 11 is 0. The highest BCUT2D eigenvalue weighted by atomic mass is 32.2. The first-order valence-electron chi connectivity index (χ1n) is 11.5. The zero-order valence-electron chi connectivity index (χ0n) is 18.7. The first-order valence-corrected chi connectivity index (χ1v) is 13.0. The van der Waals surface area contributed by atoms with Gasteiger partial charge in [-0.25, -0.2) is 8.42 Å². The molecule has 2 saturated heterocycles. The molecule has 8 heteroatoms. The number of benzene rings is 2. The van der Waals surface area contributed by atoms with Gasteiger partial charge in [-0.2, -0.15) is 9.57 Å². The van der Waals surface area contributed by atoms with E-state index in [0.29, 0.717) is 37.4 Å². The molecule has 7 nitrogen and oxygen atoms in total. The van der Waals surface area contributed by atoms with Crippen LogP contribution in [0.2, 0.25) is 0 Å². The Bertz CT molecular complexity index is 1130. The normalized spacial score (nSPS) is 20.9. The van der Waals surface area contributed by atoms with Gasteiger partial charge in [0.25, 0.3) is 0 Å². The van der Waals surface area contributed by atoms with Gasteiger partial charge in [-0.15, -0.1) is 0 Å². The van der Waals surface area contributed by atoms with Gasteiger partial charge in [0.15, 0.2) is 0 Å². The Morgan fingerprint density at radius 2 is 1.73 bits per heavy atom. The average Bonchev–Trinajstić information content (AvgIpc) is 3.39. The van der Waals surface area contributed by atoms with Gasteiger partial charge in [0.2, 0.25) is 15.9 Å². The number of likely N-dealkylation sites (tertiary alicyclic amines) is 1. The van der Waals surface area contributed by atoms with Crippen LogP contribution in [0.1, 0.15) is 37.7 Å². The number of nitrogens with two attached hydrogens (primary N) is 1. The van der Waals surface area contributed by atoms with Gasteiger partial charge >= 0.3 is 0 Å². The zero-order valence-corrected chi connectivity index (χ0v) is 19.5. The molecule has 2 heterocycles. The predicted octanol–water partition coefficient (Wildman–Crippen LogP) is 2.91. The Morgan fingerprint density at radius 1 is 1.03 bits per heavy atom. The Kier molecular flexibility index (Phi) is 7.13. The lowest BCUT2D eigenvalue weighted by Crippen LogP contribution is -2.52. The van der Waals surface area contributed by atoms with E-state index in [4.69, 9.17) is 5.73 Å². The van der Waals surface area contributed by atoms with E-state index in [1.54, 1.807) is 22.5 Å². The summed E-state index contributed by atoms with van der Waals surface area (Å²) in [4.78, 5) is 14.1. The fourth-order valence-corrected chi connectivity index (χ4v) is 6.40. The van der Waals surface area contributed by atoms with Gasteiger partial charge < -0.3 is 5.73 Å². The molecule has 2 atom stereocenters. The van der Waals surface area contributed by atoms with Crippen molar-refractivity contribution in [2.75, 3.05) is 19.6 Å². The highest BCUT2D eigenvalue weighted by Crippen LogP contribution is 2.27. The van der Waals surface area contributed by atoms with Crippen molar-refractivity contribution in [3.63, 3.8) is 0 Å². The topological polar surface area (TPSA) is 108 Å². The predicted molar refractivity (Wildman–Crippen MR) is 127 cm³/mol. The molecule has 0 spiro atoms. The van der Waals surface area contributed by atoms with E-state index in [-0.39, 0.29) is 11.9 Å². The Hall–Kier alpha value is -2.73. The number of rotatable bonds is 7. The van der Waals surface area contributed by atoms with Crippen molar-refractivity contribution < 1.29 is 13.2 Å². The molecule has 174 valence electrons. The van der Waals surface area contributed by atoms with E-state index in [9.17, 15) is 18.5 Å². The maximum atomic E-state index is 12.9. The average molecular weight is 467 g/mol. The van der Waals surface area contributed by atoms with E-state index < -0.39 is 16.1 Å². The molecule has 33 heavy (non-hydrogen) atoms. The molecule has 0 saturated carbocycles. The van der Waals surface area contributed by atoms with E-state index in [2.05, 4.69) is 6.07 Å². The number of nitrogens with zero attached hydrogens (tertiary/aromatic N) is 3. The van der Waals surface area contributed by atoms with E-state index in [0.717, 1.165) is 42.4 Å². The second-order valence-corrected chi connectivity index (χ2v) is 10.8. The van der Waals surface area contributed by atoms with Crippen LogP contribution in [-0.4, -0.2) is 55.2 Å². The van der Waals surface area contributed by atoms with Gasteiger partial charge in [0.05, 0.1) is 17.0 Å². The summed E-state index contributed by atoms with van der Waals surface area (Å²) < 4.78 is 27.4. The first-order chi connectivity index (χ1) is 15.9. The van der Waals surface area contributed by atoms with E-state index >= 15 is 0 Å². The van der Waals surface area contributed by atoms with Crippen molar-refractivity contribution in [3.8, 4) is 17.2 Å². The second kappa shape index (κ2) is 10.0. The fourth-order valence-electron chi connectivity index (χ4n) is 4.84. The Labute approximate surface area is 195 Å². The van der Waals surface area contributed by atoms with Crippen molar-refractivity contribution in [3.05, 3.63) is 54.1 Å². The molecular weight excluding hydrogens is 436 g/mol. The summed E-state index contributed by atoms with van der Waals surface area (Å²) in [6.07, 6.45) is 4.91. The van der Waals surface area contributed by atoms with Gasteiger partial charge in [-0.1, -0.05) is 42.8 Å². The molecule has 2 aliphatic heterocycles. The molecule has 1 amide bonds. The standard InChI is InChI=1S/C25H30N4O3S/c26-18-22(29-15-2-1-8-24(29)25(27)30)16-19-9-11-20(12-10-19)21-6-5-7-23(17-21)33(31,32)28-13-3-4-14-28/h5-7,9-12,17,22,24H,1-4,8,13-16H2,(H2,27,30)/t22-,24?/m0/s1. The van der Waals surface area contributed by atoms with Crippen LogP contribution in [0.25, 0.3) is 11.1 Å². The summed E-state index contributed by atoms with van der Waals surface area (Å²) in [6.45, 7) is 1.85. The van der Waals surface area contributed by atoms with Crippen molar-refractivity contribution in [1.29, 1.82) is 5.26 Å². The highest BCUT2D eigenvalue weighted by molar-refractivity contribution is 7.89. The van der Waals surface area contributed by atoms with Crippen LogP contribution >= 0.6 is 0 Å². The van der Waals surface area contributed by atoms with E-state index in [1.807, 2.05) is 35.2 Å². The molecule has 2 aromatic carbocycles. The van der Waals surface area contributed by atoms with Crippen LogP contribution < -0.4 is 5.73 Å². The number of piperidine rings is 1. The SMILES string of the molecule is N#C[C@H](Cc1ccc(-c2cccc(S(=O)(=O)N3CCCC3)c2)cc1)N1CCCCC1C(N)=O. The minimum atomic E-state index is -3.47. The summed E-state index contributed by atoms with van der Waals surface area (Å²) in [6, 6.07) is 16.4. The number of carbonyl (C=O) groups excluding carboxylic acids is 1. The molecule has 2 aliphatic rings. The summed E-state index contributed by atoms with van der Waals surface area (Å²) in [5.41, 5.74) is 8.31. The number of carbonyl (C=O) groups is 1. The van der Waals surface area contributed by atoms with Gasteiger partial charge in [-0.3, -0.25) is 9.69 Å². The first kappa shape index (κ1) is 23.4. The number of primary amides is 1. The zero-order chi connectivity index (χ0) is 23.4. The van der Waals surface area contributed by atoms with Gasteiger partial charge in [0.1, 0.15) is 6.04 Å². The number of hydrogen-bond acceptors (Lipinski definition) is 5. The quantitative estimate of drug-likeness (QED) is 0.675. The molecule has 2 N–H and O–H groups in total. The summed E-state index contributed by atoms with van der Waals surface area (Å²) in [5, 5.41) is 9.76. The maximum absolute atomic E-state index is 12.9. The minimum Gasteiger partial charge on any atom is -0.368 e. The monoisotopic (exact) mass is 466 g/mol. The molecule has 0 radical (unpaired) electrons. The molecule has 0 aromatic heterocycles. The van der Waals surface area contributed by atoms with Gasteiger partial charge in [0, 0.05) is 26.1 Å². The van der Waals surface area contributed by atoms with Crippen LogP contribution in [0.15, 0.2) is 53.4 Å². The Balaban J connectivity index is 1.50. The van der Waals surface area contributed by atoms with Crippen molar-refractivity contribution >= 4 is 15.9 Å². The third-order valence-electron chi connectivity index (χ3n) is 6.68. The smallest absolute Gasteiger partial charge is 0.243 e. The molecule has 2 fully saturated rings. The molecule has 0 bridgehead atoms. The van der Waals surface area contributed by atoms with Crippen LogP contribution in [0.4, 0.5) is 0 Å². The highest BCUT2D eigenvalue weighted by Gasteiger charge is 2.32. The number of nitriles is 1. The van der Waals surface area contributed by atoms with Crippen LogP contribution in [0.3, 0.4) is 0 Å². The molecule has 2 aromatic rings. The minimum absolute atomic E-state index is 0.318. The lowest BCUT2D eigenvalue weighted by Gasteiger charge is -2.36. The number of amides is 1. The molecule has 4 rings (SSSR count). The van der Waals surface area contributed by atoms with Crippen molar-refractivity contribution in [1.82, 2.24) is 9.21 Å². The molecular formula is C25H30N4O3S. The third-order valence-corrected chi connectivity index (χ3v) is 8.57. The lowest BCUT2D eigenvalue weighted by molar-refractivity contribution is -0.125. The maximum Gasteiger partial charge on any atom is 0.243 e. The number of hydrogen-bond donors (Lipinski definition) is 1. The number of sulfonamides is 1. The largest absolute Gasteiger partial charge is 0.368 e. The van der Waals surface area contributed by atoms with Crippen LogP contribution in [0, 0.1) is 11.3 Å². The van der Waals surface area contributed by atoms with Gasteiger partial charge in [-0.05, 0) is 54.5 Å². The van der Waals surface area contributed by atoms with Crippen molar-refractivity contribution in [2.24, 2.45) is 5.73 Å². The molecule has 0 aliphatic carbocycles. The summed E-state index contributed by atoms with van der Waals surface area (Å²) in [7, 11) is -3.47. The van der Waals surface area contributed by atoms with Crippen LogP contribution in [0.5, 0.6) is 0 Å². The third kappa shape index (κ3) is 5.11. The van der Waals surface area contributed by atoms with Crippen LogP contribution in [-0.2, 0) is 21.2 Å². The van der Waals surface area contributed by atoms with Crippen molar-refractivity contribution in [2.45, 2.75) is 55.5 Å². The van der Waals surface area contributed by atoms with E-state index in [1.165, 1.54) is 0 Å². The fraction of sp³-hybridized carbons (Fsp3) is 0.440. The lowest BCUT2D eigenvalue weighted by atomic mass is 9.96.